The van der Waals surface area contributed by atoms with Gasteiger partial charge in [-0.05, 0) is 142 Å². The second-order valence-corrected chi connectivity index (χ2v) is 17.7. The summed E-state index contributed by atoms with van der Waals surface area (Å²) in [4.78, 5) is 2.50. The molecular weight excluding hydrogens is 771 g/mol. The second-order valence-electron chi connectivity index (χ2n) is 17.7. The van der Waals surface area contributed by atoms with Gasteiger partial charge in [0.15, 0.2) is 0 Å². The highest BCUT2D eigenvalue weighted by Gasteiger charge is 2.36. The molecule has 0 fully saturated rings. The van der Waals surface area contributed by atoms with Gasteiger partial charge >= 0.3 is 0 Å². The van der Waals surface area contributed by atoms with Crippen LogP contribution >= 0.6 is 0 Å². The summed E-state index contributed by atoms with van der Waals surface area (Å²) in [7, 11) is 0. The largest absolute Gasteiger partial charge is 0.310 e. The van der Waals surface area contributed by atoms with Crippen LogP contribution < -0.4 is 4.90 Å². The zero-order chi connectivity index (χ0) is 42.8. The van der Waals surface area contributed by atoms with Crippen LogP contribution in [0.1, 0.15) is 25.0 Å². The first-order chi connectivity index (χ1) is 31.5. The quantitative estimate of drug-likeness (QED) is 0.145. The minimum absolute atomic E-state index is 0.158. The van der Waals surface area contributed by atoms with Crippen LogP contribution in [0, 0.1) is 0 Å². The Bertz CT molecular complexity index is 3560. The van der Waals surface area contributed by atoms with Crippen molar-refractivity contribution >= 4 is 49.4 Å². The summed E-state index contributed by atoms with van der Waals surface area (Å²) in [5.74, 6) is 0. The van der Waals surface area contributed by atoms with Gasteiger partial charge in [0.25, 0.3) is 0 Å². The van der Waals surface area contributed by atoms with Gasteiger partial charge in [-0.2, -0.15) is 0 Å². The molecular formula is C63H45N. The van der Waals surface area contributed by atoms with E-state index in [1.54, 1.807) is 0 Å². The topological polar surface area (TPSA) is 3.24 Å². The summed E-state index contributed by atoms with van der Waals surface area (Å²) in [6.45, 7) is 4.74. The van der Waals surface area contributed by atoms with E-state index in [0.717, 1.165) is 28.2 Å². The van der Waals surface area contributed by atoms with E-state index >= 15 is 0 Å². The molecule has 0 aliphatic heterocycles. The zero-order valence-electron chi connectivity index (χ0n) is 36.0. The Morgan fingerprint density at radius 1 is 0.281 bits per heavy atom. The fraction of sp³-hybridized carbons (Fsp3) is 0.0476. The minimum Gasteiger partial charge on any atom is -0.310 e. The van der Waals surface area contributed by atoms with Gasteiger partial charge in [0.05, 0.1) is 5.69 Å². The van der Waals surface area contributed by atoms with Crippen LogP contribution in [0.25, 0.3) is 88.0 Å². The SMILES string of the molecule is CC1(C)c2ccccc2-c2ccc(N(c3ccc(-c4ccc5ccccc5c4)cc3)c3cc(-c4ccccc4)c(-c4ccc5ccc6ccccc6c5c4)cc3-c3ccccc3)cc21. The first-order valence-electron chi connectivity index (χ1n) is 22.3. The minimum atomic E-state index is -0.158. The summed E-state index contributed by atoms with van der Waals surface area (Å²) >= 11 is 0. The Balaban J connectivity index is 1.11. The van der Waals surface area contributed by atoms with Crippen molar-refractivity contribution in [2.45, 2.75) is 19.3 Å². The molecule has 1 nitrogen and oxygen atoms in total. The number of rotatable bonds is 7. The Morgan fingerprint density at radius 3 is 1.61 bits per heavy atom. The first-order valence-corrected chi connectivity index (χ1v) is 22.3. The Morgan fingerprint density at radius 2 is 0.828 bits per heavy atom. The summed E-state index contributed by atoms with van der Waals surface area (Å²) in [5.41, 5.74) is 18.0. The molecule has 12 rings (SSSR count). The third kappa shape index (κ3) is 6.31. The van der Waals surface area contributed by atoms with Crippen molar-refractivity contribution in [1.29, 1.82) is 0 Å². The lowest BCUT2D eigenvalue weighted by molar-refractivity contribution is 0.660. The van der Waals surface area contributed by atoms with E-state index in [1.165, 1.54) is 88.0 Å². The maximum absolute atomic E-state index is 2.50. The molecule has 0 unspecified atom stereocenters. The van der Waals surface area contributed by atoms with Crippen molar-refractivity contribution in [3.8, 4) is 55.6 Å². The molecule has 302 valence electrons. The average molecular weight is 816 g/mol. The lowest BCUT2D eigenvalue weighted by Gasteiger charge is -2.31. The third-order valence-corrected chi connectivity index (χ3v) is 13.6. The van der Waals surface area contributed by atoms with Crippen molar-refractivity contribution in [3.63, 3.8) is 0 Å². The van der Waals surface area contributed by atoms with E-state index in [0.29, 0.717) is 0 Å². The molecule has 1 aliphatic rings. The van der Waals surface area contributed by atoms with Crippen LogP contribution in [0.4, 0.5) is 17.1 Å². The molecule has 0 heterocycles. The maximum atomic E-state index is 2.50. The third-order valence-electron chi connectivity index (χ3n) is 13.6. The number of anilines is 3. The van der Waals surface area contributed by atoms with Gasteiger partial charge in [-0.3, -0.25) is 0 Å². The van der Waals surface area contributed by atoms with Gasteiger partial charge in [-0.25, -0.2) is 0 Å². The molecule has 11 aromatic carbocycles. The van der Waals surface area contributed by atoms with E-state index in [4.69, 9.17) is 0 Å². The molecule has 0 bridgehead atoms. The van der Waals surface area contributed by atoms with E-state index < -0.39 is 0 Å². The Labute approximate surface area is 375 Å². The molecule has 0 amide bonds. The molecule has 0 radical (unpaired) electrons. The summed E-state index contributed by atoms with van der Waals surface area (Å²) in [5, 5.41) is 7.51. The lowest BCUT2D eigenvalue weighted by atomic mass is 9.82. The zero-order valence-corrected chi connectivity index (χ0v) is 36.0. The fourth-order valence-corrected chi connectivity index (χ4v) is 10.3. The highest BCUT2D eigenvalue weighted by atomic mass is 15.1. The van der Waals surface area contributed by atoms with Crippen molar-refractivity contribution in [1.82, 2.24) is 0 Å². The predicted octanol–water partition coefficient (Wildman–Crippen LogP) is 17.6. The van der Waals surface area contributed by atoms with Crippen molar-refractivity contribution in [2.75, 3.05) is 4.90 Å². The van der Waals surface area contributed by atoms with Gasteiger partial charge in [-0.15, -0.1) is 0 Å². The Hall–Kier alpha value is -8.00. The first kappa shape index (κ1) is 37.7. The normalized spacial score (nSPS) is 12.7. The van der Waals surface area contributed by atoms with E-state index in [2.05, 4.69) is 255 Å². The Kier molecular flexibility index (Phi) is 8.91. The van der Waals surface area contributed by atoms with Crippen molar-refractivity contribution in [3.05, 3.63) is 248 Å². The molecule has 1 heteroatoms. The van der Waals surface area contributed by atoms with E-state index in [9.17, 15) is 0 Å². The summed E-state index contributed by atoms with van der Waals surface area (Å²) in [6.07, 6.45) is 0. The number of hydrogen-bond acceptors (Lipinski definition) is 1. The molecule has 0 aromatic heterocycles. The number of nitrogens with zero attached hydrogens (tertiary/aromatic N) is 1. The van der Waals surface area contributed by atoms with Crippen molar-refractivity contribution < 1.29 is 0 Å². The van der Waals surface area contributed by atoms with Gasteiger partial charge < -0.3 is 4.90 Å². The van der Waals surface area contributed by atoms with Crippen LogP contribution in [0.5, 0.6) is 0 Å². The average Bonchev–Trinajstić information content (AvgIpc) is 3.59. The van der Waals surface area contributed by atoms with E-state index in [1.807, 2.05) is 0 Å². The highest BCUT2D eigenvalue weighted by molar-refractivity contribution is 6.09. The van der Waals surface area contributed by atoms with Crippen LogP contribution in [0.3, 0.4) is 0 Å². The van der Waals surface area contributed by atoms with Gasteiger partial charge in [0.2, 0.25) is 0 Å². The number of hydrogen-bond donors (Lipinski definition) is 0. The number of benzene rings is 11. The van der Waals surface area contributed by atoms with Crippen LogP contribution in [-0.2, 0) is 5.41 Å². The predicted molar refractivity (Wildman–Crippen MR) is 273 cm³/mol. The molecule has 11 aromatic rings. The summed E-state index contributed by atoms with van der Waals surface area (Å²) < 4.78 is 0. The highest BCUT2D eigenvalue weighted by Crippen LogP contribution is 2.52. The summed E-state index contributed by atoms with van der Waals surface area (Å²) in [6, 6.07) is 87.5. The van der Waals surface area contributed by atoms with Gasteiger partial charge in [-0.1, -0.05) is 202 Å². The molecule has 0 spiro atoms. The molecule has 0 saturated carbocycles. The lowest BCUT2D eigenvalue weighted by Crippen LogP contribution is -2.17. The van der Waals surface area contributed by atoms with E-state index in [-0.39, 0.29) is 5.41 Å². The second kappa shape index (κ2) is 15.1. The number of fused-ring (bicyclic) bond motifs is 7. The van der Waals surface area contributed by atoms with Crippen molar-refractivity contribution in [2.24, 2.45) is 0 Å². The van der Waals surface area contributed by atoms with Crippen LogP contribution in [0.2, 0.25) is 0 Å². The standard InChI is InChI=1S/C63H45N/c1-63(2)60-24-14-13-23-54(60)55-36-35-52(39-61(55)63)64(51-33-31-43(32-34-51)49-29-25-42-15-9-10-21-48(42)37-49)62-41-58(44-16-5-3-6-17-44)57(40-59(62)45-18-7-4-8-19-45)50-30-28-47-27-26-46-20-11-12-22-53(46)56(47)38-50/h3-41H,1-2H3. The molecule has 0 atom stereocenters. The van der Waals surface area contributed by atoms with Crippen LogP contribution in [0.15, 0.2) is 237 Å². The van der Waals surface area contributed by atoms with Crippen LogP contribution in [-0.4, -0.2) is 0 Å². The molecule has 0 saturated heterocycles. The molecule has 0 N–H and O–H groups in total. The monoisotopic (exact) mass is 815 g/mol. The fourth-order valence-electron chi connectivity index (χ4n) is 10.3. The smallest absolute Gasteiger partial charge is 0.0546 e. The molecule has 1 aliphatic carbocycles. The maximum Gasteiger partial charge on any atom is 0.0546 e. The van der Waals surface area contributed by atoms with Gasteiger partial charge in [0.1, 0.15) is 0 Å². The molecule has 64 heavy (non-hydrogen) atoms. The van der Waals surface area contributed by atoms with Gasteiger partial charge in [0, 0.05) is 22.4 Å².